The van der Waals surface area contributed by atoms with Gasteiger partial charge >= 0.3 is 12.1 Å². The van der Waals surface area contributed by atoms with Crippen LogP contribution in [-0.4, -0.2) is 60.8 Å². The van der Waals surface area contributed by atoms with E-state index in [-0.39, 0.29) is 25.5 Å². The Morgan fingerprint density at radius 1 is 1.43 bits per heavy atom. The van der Waals surface area contributed by atoms with Crippen molar-refractivity contribution in [2.75, 3.05) is 13.3 Å². The topological polar surface area (TPSA) is 104 Å². The molecular weight excluding hydrogens is 375 g/mol. The van der Waals surface area contributed by atoms with E-state index in [1.807, 2.05) is 0 Å². The molecule has 1 aromatic heterocycles. The average molecular weight is 386 g/mol. The van der Waals surface area contributed by atoms with E-state index in [1.165, 1.54) is 12.7 Å². The Hall–Kier alpha value is -1.58. The molecule has 0 radical (unpaired) electrons. The van der Waals surface area contributed by atoms with Crippen molar-refractivity contribution in [1.82, 2.24) is 19.7 Å². The fraction of sp³-hybridized carbons (Fsp3) is 0.545. The molecule has 23 heavy (non-hydrogen) atoms. The normalized spacial score (nSPS) is 18.0. The third kappa shape index (κ3) is 4.95. The maximum atomic E-state index is 11.9. The maximum Gasteiger partial charge on any atom is 0.413 e. The SMILES string of the molecule is O=C1OCN(C(=O)OCC(Cl)(Cl)Cl)C1CCC(=O)n1cncn1. The molecule has 1 aromatic rings. The van der Waals surface area contributed by atoms with Gasteiger partial charge in [-0.2, -0.15) is 9.78 Å². The number of carbonyl (C=O) groups is 3. The summed E-state index contributed by atoms with van der Waals surface area (Å²) < 4.78 is 8.86. The number of hydrogen-bond donors (Lipinski definition) is 0. The monoisotopic (exact) mass is 384 g/mol. The second-order valence-corrected chi connectivity index (χ2v) is 7.04. The Labute approximate surface area is 145 Å². The van der Waals surface area contributed by atoms with Gasteiger partial charge in [0.25, 0.3) is 0 Å². The third-order valence-corrected chi connectivity index (χ3v) is 3.22. The number of esters is 1. The van der Waals surface area contributed by atoms with Crippen LogP contribution >= 0.6 is 34.8 Å². The van der Waals surface area contributed by atoms with Gasteiger partial charge in [0.2, 0.25) is 9.70 Å². The molecule has 0 aromatic carbocycles. The minimum absolute atomic E-state index is 0.0421. The Morgan fingerprint density at radius 3 is 2.78 bits per heavy atom. The number of ether oxygens (including phenoxy) is 2. The standard InChI is InChI=1S/C11H11Cl3N4O5/c12-11(13,14)3-22-10(21)17-6-23-9(20)7(17)1-2-8(19)18-5-15-4-16-18/h4-5,7H,1-3,6H2. The summed E-state index contributed by atoms with van der Waals surface area (Å²) in [6, 6.07) is -0.953. The van der Waals surface area contributed by atoms with Crippen LogP contribution in [0.3, 0.4) is 0 Å². The fourth-order valence-electron chi connectivity index (χ4n) is 1.84. The predicted octanol–water partition coefficient (Wildman–Crippen LogP) is 1.39. The highest BCUT2D eigenvalue weighted by molar-refractivity contribution is 6.67. The molecule has 126 valence electrons. The number of nitrogens with zero attached hydrogens (tertiary/aromatic N) is 4. The number of halogens is 3. The molecule has 1 aliphatic heterocycles. The van der Waals surface area contributed by atoms with E-state index < -0.39 is 28.5 Å². The first-order chi connectivity index (χ1) is 10.8. The number of amides is 1. The summed E-state index contributed by atoms with van der Waals surface area (Å²) in [5.74, 6) is -1.01. The van der Waals surface area contributed by atoms with Gasteiger partial charge < -0.3 is 9.47 Å². The van der Waals surface area contributed by atoms with Gasteiger partial charge in [0.15, 0.2) is 6.73 Å². The van der Waals surface area contributed by atoms with Gasteiger partial charge in [0.1, 0.15) is 25.3 Å². The third-order valence-electron chi connectivity index (χ3n) is 2.89. The predicted molar refractivity (Wildman–Crippen MR) is 78.1 cm³/mol. The number of rotatable bonds is 4. The molecule has 1 amide bonds. The van der Waals surface area contributed by atoms with Crippen molar-refractivity contribution < 1.29 is 23.9 Å². The van der Waals surface area contributed by atoms with Crippen molar-refractivity contribution in [2.45, 2.75) is 22.7 Å². The molecular formula is C11H11Cl3N4O5. The second kappa shape index (κ2) is 7.33. The Kier molecular flexibility index (Phi) is 5.66. The lowest BCUT2D eigenvalue weighted by Gasteiger charge is -2.20. The van der Waals surface area contributed by atoms with Crippen molar-refractivity contribution in [3.8, 4) is 0 Å². The highest BCUT2D eigenvalue weighted by Gasteiger charge is 2.39. The lowest BCUT2D eigenvalue weighted by Crippen LogP contribution is -2.40. The lowest BCUT2D eigenvalue weighted by atomic mass is 10.1. The van der Waals surface area contributed by atoms with Crippen molar-refractivity contribution in [3.05, 3.63) is 12.7 Å². The van der Waals surface area contributed by atoms with Gasteiger partial charge in [-0.25, -0.2) is 14.6 Å². The smallest absolute Gasteiger partial charge is 0.413 e. The Morgan fingerprint density at radius 2 is 2.17 bits per heavy atom. The summed E-state index contributed by atoms with van der Waals surface area (Å²) in [7, 11) is 0. The number of hydrogen-bond acceptors (Lipinski definition) is 7. The summed E-state index contributed by atoms with van der Waals surface area (Å²) in [6.07, 6.45) is 1.57. The first-order valence-electron chi connectivity index (χ1n) is 6.32. The molecule has 9 nitrogen and oxygen atoms in total. The minimum atomic E-state index is -1.77. The van der Waals surface area contributed by atoms with E-state index in [4.69, 9.17) is 44.3 Å². The van der Waals surface area contributed by atoms with Gasteiger partial charge in [0, 0.05) is 6.42 Å². The van der Waals surface area contributed by atoms with E-state index >= 15 is 0 Å². The summed E-state index contributed by atoms with van der Waals surface area (Å²) in [5.41, 5.74) is 0. The van der Waals surface area contributed by atoms with Crippen LogP contribution in [0.1, 0.15) is 17.6 Å². The fourth-order valence-corrected chi connectivity index (χ4v) is 2.00. The van der Waals surface area contributed by atoms with Gasteiger partial charge in [-0.1, -0.05) is 34.8 Å². The van der Waals surface area contributed by atoms with Crippen molar-refractivity contribution in [1.29, 1.82) is 0 Å². The van der Waals surface area contributed by atoms with Crippen LogP contribution in [0.4, 0.5) is 4.79 Å². The van der Waals surface area contributed by atoms with Gasteiger partial charge in [-0.3, -0.25) is 9.69 Å². The number of carbonyl (C=O) groups excluding carboxylic acids is 3. The van der Waals surface area contributed by atoms with E-state index in [1.54, 1.807) is 0 Å². The molecule has 12 heteroatoms. The van der Waals surface area contributed by atoms with Crippen LogP contribution in [0.15, 0.2) is 12.7 Å². The van der Waals surface area contributed by atoms with Crippen molar-refractivity contribution >= 4 is 52.8 Å². The summed E-state index contributed by atoms with van der Waals surface area (Å²) in [6.45, 7) is -0.772. The van der Waals surface area contributed by atoms with Crippen LogP contribution < -0.4 is 0 Å². The molecule has 1 atom stereocenters. The zero-order valence-corrected chi connectivity index (χ0v) is 13.8. The molecule has 0 bridgehead atoms. The van der Waals surface area contributed by atoms with Gasteiger partial charge in [0.05, 0.1) is 0 Å². The Bertz CT molecular complexity index is 589. The quantitative estimate of drug-likeness (QED) is 0.570. The summed E-state index contributed by atoms with van der Waals surface area (Å²) in [4.78, 5) is 40.1. The van der Waals surface area contributed by atoms with Crippen LogP contribution in [0.2, 0.25) is 0 Å². The summed E-state index contributed by atoms with van der Waals surface area (Å²) >= 11 is 16.5. The van der Waals surface area contributed by atoms with Gasteiger partial charge in [-0.15, -0.1) is 0 Å². The van der Waals surface area contributed by atoms with Crippen LogP contribution in [0.5, 0.6) is 0 Å². The summed E-state index contributed by atoms with van der Waals surface area (Å²) in [5, 5.41) is 3.68. The molecule has 1 aliphatic rings. The molecule has 1 fully saturated rings. The molecule has 0 saturated carbocycles. The highest BCUT2D eigenvalue weighted by atomic mass is 35.6. The average Bonchev–Trinajstić information content (AvgIpc) is 3.11. The highest BCUT2D eigenvalue weighted by Crippen LogP contribution is 2.27. The Balaban J connectivity index is 1.91. The van der Waals surface area contributed by atoms with E-state index in [0.717, 1.165) is 9.58 Å². The first kappa shape index (κ1) is 17.8. The molecule has 1 saturated heterocycles. The van der Waals surface area contributed by atoms with E-state index in [0.29, 0.717) is 0 Å². The molecule has 0 aliphatic carbocycles. The molecule has 2 rings (SSSR count). The largest absolute Gasteiger partial charge is 0.445 e. The van der Waals surface area contributed by atoms with Crippen molar-refractivity contribution in [2.24, 2.45) is 0 Å². The molecule has 2 heterocycles. The minimum Gasteiger partial charge on any atom is -0.445 e. The molecule has 1 unspecified atom stereocenters. The van der Waals surface area contributed by atoms with E-state index in [9.17, 15) is 14.4 Å². The zero-order chi connectivity index (χ0) is 17.0. The number of aromatic nitrogens is 3. The molecule has 0 N–H and O–H groups in total. The molecule has 0 spiro atoms. The lowest BCUT2D eigenvalue weighted by molar-refractivity contribution is -0.139. The first-order valence-corrected chi connectivity index (χ1v) is 7.46. The number of cyclic esters (lactones) is 1. The van der Waals surface area contributed by atoms with Crippen LogP contribution in [0, 0.1) is 0 Å². The van der Waals surface area contributed by atoms with Crippen LogP contribution in [0.25, 0.3) is 0 Å². The second-order valence-electron chi connectivity index (χ2n) is 4.52. The van der Waals surface area contributed by atoms with E-state index in [2.05, 4.69) is 10.1 Å². The number of alkyl halides is 3. The van der Waals surface area contributed by atoms with Crippen molar-refractivity contribution in [3.63, 3.8) is 0 Å². The maximum absolute atomic E-state index is 11.9. The van der Waals surface area contributed by atoms with Crippen LogP contribution in [-0.2, 0) is 14.3 Å². The zero-order valence-electron chi connectivity index (χ0n) is 11.5. The van der Waals surface area contributed by atoms with Gasteiger partial charge in [-0.05, 0) is 6.42 Å².